The van der Waals surface area contributed by atoms with Crippen molar-refractivity contribution in [2.45, 2.75) is 51.7 Å². The van der Waals surface area contributed by atoms with Gasteiger partial charge in [0.05, 0.1) is 22.2 Å². The Labute approximate surface area is 407 Å². The second kappa shape index (κ2) is 20.8. The first-order valence-electron chi connectivity index (χ1n) is 23.3. The number of halogens is 2. The number of aryl methyl sites for hydroxylation is 2. The third-order valence-electron chi connectivity index (χ3n) is 13.1. The third kappa shape index (κ3) is 10.4. The van der Waals surface area contributed by atoms with Crippen molar-refractivity contribution >= 4 is 33.4 Å². The molecule has 11 rings (SSSR count). The van der Waals surface area contributed by atoms with Crippen molar-refractivity contribution in [3.05, 3.63) is 203 Å². The quantitative estimate of drug-likeness (QED) is 0.0903. The number of likely N-dealkylation sites (tertiary alicyclic amines) is 1. The van der Waals surface area contributed by atoms with Gasteiger partial charge in [-0.25, -0.2) is 28.7 Å². The van der Waals surface area contributed by atoms with E-state index < -0.39 is 11.6 Å². The molecule has 9 aromatic rings. The summed E-state index contributed by atoms with van der Waals surface area (Å²) in [5.41, 5.74) is 8.32. The van der Waals surface area contributed by atoms with Crippen LogP contribution < -0.4 is 16.0 Å². The number of para-hydroxylation sites is 2. The molecule has 2 saturated heterocycles. The van der Waals surface area contributed by atoms with Gasteiger partial charge in [0, 0.05) is 67.4 Å². The Hall–Kier alpha value is -7.80. The molecule has 2 fully saturated rings. The van der Waals surface area contributed by atoms with E-state index in [1.807, 2.05) is 54.6 Å². The van der Waals surface area contributed by atoms with E-state index in [1.54, 1.807) is 0 Å². The standard InChI is InChI=1S/C32H29FN4O.C25H23FN4O.CH4/c1-21-11-13-23(14-12-21)27-19-37(18-22-7-3-2-4-8-22)20-29(27)35-31-25-9-5-6-10-28(25)34-32(36-31)26-17-24(33)15-16-30(26)38;1-15-6-8-16(9-7-15)20-13-27-14-22(20)29-24-18-4-2-3-5-21(18)28-25(30-24)19-12-17(26)10-11-23(19)31;/h2-17,27,29,38H,18-20H2,1H3,(H,34,35,36);2-12,20,22,27,31H,13-14H2,1H3,(H,28,29,30);1H4/t27-,29?;20-,22?;/m00./s1. The third-order valence-corrected chi connectivity index (χ3v) is 13.1. The van der Waals surface area contributed by atoms with Crippen LogP contribution in [0.25, 0.3) is 44.6 Å². The van der Waals surface area contributed by atoms with Crippen LogP contribution in [0.2, 0.25) is 0 Å². The zero-order valence-corrected chi connectivity index (χ0v) is 38.3. The summed E-state index contributed by atoms with van der Waals surface area (Å²) < 4.78 is 27.9. The highest BCUT2D eigenvalue weighted by atomic mass is 19.1. The van der Waals surface area contributed by atoms with Crippen molar-refractivity contribution in [3.8, 4) is 34.3 Å². The lowest BCUT2D eigenvalue weighted by Gasteiger charge is -2.22. The van der Waals surface area contributed by atoms with Crippen LogP contribution in [0.15, 0.2) is 164 Å². The van der Waals surface area contributed by atoms with Gasteiger partial charge in [0.15, 0.2) is 11.6 Å². The van der Waals surface area contributed by atoms with Gasteiger partial charge in [-0.05, 0) is 91.2 Å². The summed E-state index contributed by atoms with van der Waals surface area (Å²) in [5, 5.41) is 33.3. The number of aromatic hydroxyl groups is 2. The van der Waals surface area contributed by atoms with Crippen LogP contribution in [0.3, 0.4) is 0 Å². The Kier molecular flexibility index (Phi) is 14.1. The number of fused-ring (bicyclic) bond motifs is 2. The van der Waals surface area contributed by atoms with Crippen LogP contribution in [0.1, 0.15) is 47.1 Å². The monoisotopic (exact) mass is 934 g/mol. The van der Waals surface area contributed by atoms with E-state index in [9.17, 15) is 19.0 Å². The van der Waals surface area contributed by atoms with Gasteiger partial charge in [-0.15, -0.1) is 0 Å². The SMILES string of the molecule is C.Cc1ccc([C@@H]2CN(Cc3ccccc3)CC2Nc2nc(-c3cc(F)ccc3O)nc3ccccc23)cc1.Cc1ccc([C@@H]2CNCC2Nc2nc(-c3cc(F)ccc3O)nc3ccccc23)cc1. The molecule has 2 aliphatic heterocycles. The van der Waals surface area contributed by atoms with Gasteiger partial charge < -0.3 is 26.2 Å². The molecule has 4 heterocycles. The fourth-order valence-corrected chi connectivity index (χ4v) is 9.49. The Balaban J connectivity index is 0.000000175. The van der Waals surface area contributed by atoms with Gasteiger partial charge in [-0.3, -0.25) is 4.90 Å². The van der Waals surface area contributed by atoms with Crippen LogP contribution in [0.5, 0.6) is 11.5 Å². The van der Waals surface area contributed by atoms with Crippen LogP contribution >= 0.6 is 0 Å². The van der Waals surface area contributed by atoms with Gasteiger partial charge in [-0.2, -0.15) is 0 Å². The first kappa shape index (κ1) is 47.3. The summed E-state index contributed by atoms with van der Waals surface area (Å²) in [6.45, 7) is 8.49. The molecule has 0 bridgehead atoms. The minimum Gasteiger partial charge on any atom is -0.507 e. The highest BCUT2D eigenvalue weighted by molar-refractivity contribution is 5.92. The zero-order valence-electron chi connectivity index (χ0n) is 38.3. The maximum Gasteiger partial charge on any atom is 0.165 e. The molecule has 0 saturated carbocycles. The van der Waals surface area contributed by atoms with Crippen molar-refractivity contribution in [3.63, 3.8) is 0 Å². The van der Waals surface area contributed by atoms with E-state index in [4.69, 9.17) is 9.97 Å². The Morgan fingerprint density at radius 2 is 1.03 bits per heavy atom. The topological polar surface area (TPSA) is 131 Å². The lowest BCUT2D eigenvalue weighted by atomic mass is 9.93. The Morgan fingerprint density at radius 3 is 1.57 bits per heavy atom. The largest absolute Gasteiger partial charge is 0.507 e. The molecule has 7 aromatic carbocycles. The molecule has 10 nitrogen and oxygen atoms in total. The van der Waals surface area contributed by atoms with Crippen LogP contribution in [0, 0.1) is 25.5 Å². The van der Waals surface area contributed by atoms with Crippen molar-refractivity contribution in [2.24, 2.45) is 0 Å². The lowest BCUT2D eigenvalue weighted by Crippen LogP contribution is -2.29. The minimum atomic E-state index is -0.448. The van der Waals surface area contributed by atoms with Gasteiger partial charge in [0.2, 0.25) is 0 Å². The minimum absolute atomic E-state index is 0. The van der Waals surface area contributed by atoms with E-state index in [0.29, 0.717) is 17.6 Å². The number of anilines is 2. The number of hydrogen-bond donors (Lipinski definition) is 5. The number of nitrogens with zero attached hydrogens (tertiary/aromatic N) is 5. The normalized spacial score (nSPS) is 17.7. The van der Waals surface area contributed by atoms with Gasteiger partial charge >= 0.3 is 0 Å². The van der Waals surface area contributed by atoms with Crippen molar-refractivity contribution in [1.29, 1.82) is 0 Å². The highest BCUT2D eigenvalue weighted by Crippen LogP contribution is 2.36. The number of phenolic OH excluding ortho intramolecular Hbond substituents is 2. The second-order valence-corrected chi connectivity index (χ2v) is 18.0. The second-order valence-electron chi connectivity index (χ2n) is 18.0. The molecule has 0 amide bonds. The predicted octanol–water partition coefficient (Wildman–Crippen LogP) is 11.8. The number of phenols is 2. The lowest BCUT2D eigenvalue weighted by molar-refractivity contribution is 0.325. The first-order valence-corrected chi connectivity index (χ1v) is 23.3. The van der Waals surface area contributed by atoms with Crippen molar-refractivity contribution in [2.75, 3.05) is 36.8 Å². The van der Waals surface area contributed by atoms with Crippen molar-refractivity contribution in [1.82, 2.24) is 30.2 Å². The van der Waals surface area contributed by atoms with Crippen LogP contribution in [-0.2, 0) is 6.54 Å². The number of rotatable bonds is 10. The van der Waals surface area contributed by atoms with Gasteiger partial charge in [-0.1, -0.05) is 122 Å². The molecule has 0 radical (unpaired) electrons. The number of hydrogen-bond acceptors (Lipinski definition) is 10. The molecular weight excluding hydrogens is 879 g/mol. The molecule has 2 unspecified atom stereocenters. The predicted molar refractivity (Wildman–Crippen MR) is 277 cm³/mol. The van der Waals surface area contributed by atoms with E-state index in [2.05, 4.69) is 117 Å². The molecule has 0 spiro atoms. The average Bonchev–Trinajstić information content (AvgIpc) is 4.00. The maximum absolute atomic E-state index is 14.1. The first-order chi connectivity index (χ1) is 33.6. The zero-order chi connectivity index (χ0) is 47.4. The molecule has 354 valence electrons. The summed E-state index contributed by atoms with van der Waals surface area (Å²) >= 11 is 0. The van der Waals surface area contributed by atoms with E-state index in [1.165, 1.54) is 64.2 Å². The smallest absolute Gasteiger partial charge is 0.165 e. The fraction of sp³-hybridized carbons (Fsp3) is 0.207. The summed E-state index contributed by atoms with van der Waals surface area (Å²) in [7, 11) is 0. The Bertz CT molecular complexity index is 3250. The van der Waals surface area contributed by atoms with Crippen molar-refractivity contribution < 1.29 is 19.0 Å². The Morgan fingerprint density at radius 1 is 0.543 bits per heavy atom. The number of nitrogens with one attached hydrogen (secondary N) is 3. The average molecular weight is 935 g/mol. The van der Waals surface area contributed by atoms with Gasteiger partial charge in [0.25, 0.3) is 0 Å². The van der Waals surface area contributed by atoms with E-state index >= 15 is 0 Å². The molecule has 2 aromatic heterocycles. The molecule has 2 aliphatic rings. The van der Waals surface area contributed by atoms with Crippen LogP contribution in [-0.4, -0.2) is 73.3 Å². The maximum atomic E-state index is 14.1. The molecule has 4 atom stereocenters. The summed E-state index contributed by atoms with van der Waals surface area (Å²) in [5.74, 6) is 1.47. The highest BCUT2D eigenvalue weighted by Gasteiger charge is 2.35. The molecule has 5 N–H and O–H groups in total. The van der Waals surface area contributed by atoms with E-state index in [-0.39, 0.29) is 59.7 Å². The summed E-state index contributed by atoms with van der Waals surface area (Å²) in [6, 6.07) is 51.3. The molecular formula is C58H56F2N8O2. The number of benzene rings is 7. The van der Waals surface area contributed by atoms with Crippen LogP contribution in [0.4, 0.5) is 20.4 Å². The molecule has 12 heteroatoms. The molecule has 70 heavy (non-hydrogen) atoms. The molecule has 0 aliphatic carbocycles. The summed E-state index contributed by atoms with van der Waals surface area (Å²) in [6.07, 6.45) is 0. The summed E-state index contributed by atoms with van der Waals surface area (Å²) in [4.78, 5) is 21.2. The number of aromatic nitrogens is 4. The van der Waals surface area contributed by atoms with Gasteiger partial charge in [0.1, 0.15) is 34.8 Å². The van der Waals surface area contributed by atoms with E-state index in [0.717, 1.165) is 54.5 Å². The fourth-order valence-electron chi connectivity index (χ4n) is 9.49.